The molecule has 0 spiro atoms. The van der Waals surface area contributed by atoms with Crippen LogP contribution in [0.1, 0.15) is 27.9 Å². The normalized spacial score (nSPS) is 10.1. The summed E-state index contributed by atoms with van der Waals surface area (Å²) in [5.41, 5.74) is 1.97. The summed E-state index contributed by atoms with van der Waals surface area (Å²) in [5.74, 6) is -0.795. The second-order valence-electron chi connectivity index (χ2n) is 3.59. The van der Waals surface area contributed by atoms with Crippen molar-refractivity contribution in [2.24, 2.45) is 0 Å². The fourth-order valence-corrected chi connectivity index (χ4v) is 1.70. The zero-order valence-electron chi connectivity index (χ0n) is 9.00. The number of carbonyl (C=O) groups excluding carboxylic acids is 1. The number of halogens is 1. The predicted octanol–water partition coefficient (Wildman–Crippen LogP) is 2.43. The van der Waals surface area contributed by atoms with Crippen molar-refractivity contribution in [1.82, 2.24) is 0 Å². The zero-order chi connectivity index (χ0) is 12.1. The molecule has 0 aromatic heterocycles. The smallest absolute Gasteiger partial charge is 0.307 e. The van der Waals surface area contributed by atoms with Crippen molar-refractivity contribution >= 4 is 23.4 Å². The number of aryl methyl sites for hydroxylation is 1. The Kier molecular flexibility index (Phi) is 4.50. The summed E-state index contributed by atoms with van der Waals surface area (Å²) >= 11 is 5.50. The molecule has 16 heavy (non-hydrogen) atoms. The first kappa shape index (κ1) is 12.7. The third-order valence-electron chi connectivity index (χ3n) is 2.22. The molecule has 1 aromatic rings. The van der Waals surface area contributed by atoms with Gasteiger partial charge in [0.15, 0.2) is 5.78 Å². The van der Waals surface area contributed by atoms with Gasteiger partial charge in [-0.05, 0) is 12.5 Å². The lowest BCUT2D eigenvalue weighted by atomic mass is 9.97. The van der Waals surface area contributed by atoms with E-state index in [1.54, 1.807) is 18.2 Å². The van der Waals surface area contributed by atoms with Gasteiger partial charge in [-0.25, -0.2) is 0 Å². The lowest BCUT2D eigenvalue weighted by molar-refractivity contribution is -0.136. The molecule has 0 amide bonds. The van der Waals surface area contributed by atoms with E-state index < -0.39 is 5.97 Å². The molecule has 86 valence electrons. The summed E-state index contributed by atoms with van der Waals surface area (Å²) in [7, 11) is 0. The first-order chi connectivity index (χ1) is 7.54. The predicted molar refractivity (Wildman–Crippen MR) is 62.2 cm³/mol. The molecule has 4 heteroatoms. The largest absolute Gasteiger partial charge is 0.481 e. The van der Waals surface area contributed by atoms with E-state index in [-0.39, 0.29) is 24.5 Å². The van der Waals surface area contributed by atoms with E-state index >= 15 is 0 Å². The van der Waals surface area contributed by atoms with Gasteiger partial charge in [0.25, 0.3) is 0 Å². The Morgan fingerprint density at radius 2 is 2.06 bits per heavy atom. The van der Waals surface area contributed by atoms with Crippen LogP contribution in [0.25, 0.3) is 0 Å². The van der Waals surface area contributed by atoms with Gasteiger partial charge in [-0.1, -0.05) is 23.8 Å². The number of alkyl halides is 1. The van der Waals surface area contributed by atoms with Crippen LogP contribution in [0.5, 0.6) is 0 Å². The Balaban J connectivity index is 3.06. The molecule has 0 aliphatic heterocycles. The molecule has 1 rings (SSSR count). The summed E-state index contributed by atoms with van der Waals surface area (Å²) in [6.07, 6.45) is 0.0995. The Labute approximate surface area is 99.0 Å². The van der Waals surface area contributed by atoms with Crippen molar-refractivity contribution < 1.29 is 14.7 Å². The number of aliphatic carboxylic acids is 1. The van der Waals surface area contributed by atoms with Crippen LogP contribution < -0.4 is 0 Å². The highest BCUT2D eigenvalue weighted by Crippen LogP contribution is 2.15. The Hall–Kier alpha value is -1.35. The molecule has 0 aliphatic carbocycles. The van der Waals surface area contributed by atoms with E-state index in [2.05, 4.69) is 0 Å². The lowest BCUT2D eigenvalue weighted by Gasteiger charge is -2.07. The van der Waals surface area contributed by atoms with Crippen molar-refractivity contribution in [1.29, 1.82) is 0 Å². The molecule has 0 saturated heterocycles. The zero-order valence-corrected chi connectivity index (χ0v) is 9.75. The topological polar surface area (TPSA) is 54.4 Å². The van der Waals surface area contributed by atoms with Gasteiger partial charge in [0.1, 0.15) is 0 Å². The molecule has 0 aliphatic rings. The molecule has 0 unspecified atom stereocenters. The highest BCUT2D eigenvalue weighted by Gasteiger charge is 2.13. The van der Waals surface area contributed by atoms with Gasteiger partial charge in [-0.2, -0.15) is 0 Å². The van der Waals surface area contributed by atoms with Gasteiger partial charge in [0, 0.05) is 17.9 Å². The maximum Gasteiger partial charge on any atom is 0.307 e. The first-order valence-corrected chi connectivity index (χ1v) is 5.48. The number of benzene rings is 1. The molecule has 0 heterocycles. The van der Waals surface area contributed by atoms with E-state index in [0.29, 0.717) is 11.1 Å². The fraction of sp³-hybridized carbons (Fsp3) is 0.333. The van der Waals surface area contributed by atoms with Crippen LogP contribution in [0.3, 0.4) is 0 Å². The van der Waals surface area contributed by atoms with Crippen LogP contribution >= 0.6 is 11.6 Å². The highest BCUT2D eigenvalue weighted by molar-refractivity contribution is 6.19. The minimum atomic E-state index is -0.939. The molecule has 0 saturated carbocycles. The van der Waals surface area contributed by atoms with Crippen LogP contribution in [0, 0.1) is 6.92 Å². The van der Waals surface area contributed by atoms with Gasteiger partial charge < -0.3 is 5.11 Å². The second kappa shape index (κ2) is 5.66. The molecule has 3 nitrogen and oxygen atoms in total. The Morgan fingerprint density at radius 1 is 1.38 bits per heavy atom. The third-order valence-corrected chi connectivity index (χ3v) is 2.41. The molecule has 1 N–H and O–H groups in total. The summed E-state index contributed by atoms with van der Waals surface area (Å²) in [4.78, 5) is 22.4. The van der Waals surface area contributed by atoms with Gasteiger partial charge in [0.2, 0.25) is 0 Å². The number of rotatable bonds is 5. The van der Waals surface area contributed by atoms with Gasteiger partial charge in [-0.3, -0.25) is 9.59 Å². The maximum absolute atomic E-state index is 11.7. The van der Waals surface area contributed by atoms with Crippen LogP contribution in [0.15, 0.2) is 18.2 Å². The minimum absolute atomic E-state index is 0.105. The summed E-state index contributed by atoms with van der Waals surface area (Å²) < 4.78 is 0. The molecular formula is C12H13ClO3. The number of hydrogen-bond donors (Lipinski definition) is 1. The second-order valence-corrected chi connectivity index (χ2v) is 3.97. The third kappa shape index (κ3) is 3.35. The van der Waals surface area contributed by atoms with Crippen LogP contribution in [-0.4, -0.2) is 22.7 Å². The van der Waals surface area contributed by atoms with Crippen molar-refractivity contribution in [2.75, 3.05) is 5.88 Å². The standard InChI is InChI=1S/C12H13ClO3/c1-8-2-3-10(11(14)4-5-13)9(6-8)7-12(15)16/h2-3,6H,4-5,7H2,1H3,(H,15,16). The number of carboxylic acids is 1. The average Bonchev–Trinajstić information content (AvgIpc) is 2.16. The van der Waals surface area contributed by atoms with E-state index in [1.807, 2.05) is 6.92 Å². The van der Waals surface area contributed by atoms with Crippen LogP contribution in [0.4, 0.5) is 0 Å². The van der Waals surface area contributed by atoms with Crippen molar-refractivity contribution in [3.63, 3.8) is 0 Å². The Morgan fingerprint density at radius 3 is 2.62 bits per heavy atom. The monoisotopic (exact) mass is 240 g/mol. The molecule has 0 radical (unpaired) electrons. The van der Waals surface area contributed by atoms with Gasteiger partial charge >= 0.3 is 5.97 Å². The van der Waals surface area contributed by atoms with Crippen LogP contribution in [0.2, 0.25) is 0 Å². The SMILES string of the molecule is Cc1ccc(C(=O)CCCl)c(CC(=O)O)c1. The van der Waals surface area contributed by atoms with Crippen LogP contribution in [-0.2, 0) is 11.2 Å². The Bertz CT molecular complexity index is 413. The highest BCUT2D eigenvalue weighted by atomic mass is 35.5. The maximum atomic E-state index is 11.7. The lowest BCUT2D eigenvalue weighted by Crippen LogP contribution is -2.09. The van der Waals surface area contributed by atoms with E-state index in [0.717, 1.165) is 5.56 Å². The number of carboxylic acid groups (broad SMARTS) is 1. The molecule has 0 fully saturated rings. The van der Waals surface area contributed by atoms with Crippen molar-refractivity contribution in [3.8, 4) is 0 Å². The van der Waals surface area contributed by atoms with E-state index in [1.165, 1.54) is 0 Å². The number of hydrogen-bond acceptors (Lipinski definition) is 2. The van der Waals surface area contributed by atoms with Crippen molar-refractivity contribution in [3.05, 3.63) is 34.9 Å². The summed E-state index contributed by atoms with van der Waals surface area (Å²) in [6.45, 7) is 1.86. The molecule has 0 bridgehead atoms. The molecular weight excluding hydrogens is 228 g/mol. The number of Topliss-reactive ketones (excluding diaryl/α,β-unsaturated/α-hetero) is 1. The molecule has 1 aromatic carbocycles. The van der Waals surface area contributed by atoms with E-state index in [4.69, 9.17) is 16.7 Å². The van der Waals surface area contributed by atoms with E-state index in [9.17, 15) is 9.59 Å². The fourth-order valence-electron chi connectivity index (χ4n) is 1.52. The molecule has 0 atom stereocenters. The van der Waals surface area contributed by atoms with Gasteiger partial charge in [-0.15, -0.1) is 11.6 Å². The number of ketones is 1. The summed E-state index contributed by atoms with van der Waals surface area (Å²) in [5, 5.41) is 8.76. The average molecular weight is 241 g/mol. The quantitative estimate of drug-likeness (QED) is 0.635. The number of carbonyl (C=O) groups is 2. The summed E-state index contributed by atoms with van der Waals surface area (Å²) in [6, 6.07) is 5.20. The first-order valence-electron chi connectivity index (χ1n) is 4.95. The van der Waals surface area contributed by atoms with Gasteiger partial charge in [0.05, 0.1) is 6.42 Å². The minimum Gasteiger partial charge on any atom is -0.481 e. The van der Waals surface area contributed by atoms with Crippen molar-refractivity contribution in [2.45, 2.75) is 19.8 Å².